The zero-order chi connectivity index (χ0) is 17.8. The maximum Gasteiger partial charge on any atom is 0.319 e. The first kappa shape index (κ1) is 16.9. The minimum absolute atomic E-state index is 0.165. The number of nitrogens with one attached hydrogen (secondary N) is 2. The highest BCUT2D eigenvalue weighted by atomic mass is 16.5. The number of benzene rings is 2. The van der Waals surface area contributed by atoms with Gasteiger partial charge in [-0.15, -0.1) is 0 Å². The Morgan fingerprint density at radius 3 is 2.81 bits per heavy atom. The van der Waals surface area contributed by atoms with Crippen LogP contribution in [0, 0.1) is 0 Å². The van der Waals surface area contributed by atoms with Gasteiger partial charge in [-0.25, -0.2) is 4.79 Å². The third kappa shape index (κ3) is 3.83. The van der Waals surface area contributed by atoms with Crippen LogP contribution in [0.2, 0.25) is 0 Å². The second kappa shape index (κ2) is 7.79. The summed E-state index contributed by atoms with van der Waals surface area (Å²) in [5, 5.41) is 5.80. The zero-order valence-electron chi connectivity index (χ0n) is 14.9. The fourth-order valence-corrected chi connectivity index (χ4v) is 3.73. The predicted octanol–water partition coefficient (Wildman–Crippen LogP) is 4.07. The quantitative estimate of drug-likeness (QED) is 0.854. The highest BCUT2D eigenvalue weighted by molar-refractivity contribution is 5.89. The molecule has 2 amide bonds. The van der Waals surface area contributed by atoms with Crippen LogP contribution in [0.1, 0.15) is 24.8 Å². The minimum Gasteiger partial charge on any atom is -0.378 e. The van der Waals surface area contributed by atoms with Gasteiger partial charge in [-0.3, -0.25) is 0 Å². The average molecular weight is 351 g/mol. The van der Waals surface area contributed by atoms with Crippen molar-refractivity contribution in [1.29, 1.82) is 0 Å². The topological polar surface area (TPSA) is 53.6 Å². The standard InChI is InChI=1S/C21H25N3O2/c25-21(22-13-11-19-5-3-15-26-19)23-17-7-9-18(10-8-17)24-14-12-16-4-1-2-6-20(16)24/h1-2,4,6-10,19H,3,5,11-15H2,(H2,22,23,25)/t19-/m0/s1. The summed E-state index contributed by atoms with van der Waals surface area (Å²) in [6.07, 6.45) is 4.48. The normalized spacial score (nSPS) is 18.6. The van der Waals surface area contributed by atoms with Crippen LogP contribution in [0.3, 0.4) is 0 Å². The molecule has 0 unspecified atom stereocenters. The Hall–Kier alpha value is -2.53. The summed E-state index contributed by atoms with van der Waals surface area (Å²) in [6, 6.07) is 16.4. The molecular weight excluding hydrogens is 326 g/mol. The van der Waals surface area contributed by atoms with Gasteiger partial charge in [-0.05, 0) is 61.6 Å². The van der Waals surface area contributed by atoms with E-state index < -0.39 is 0 Å². The highest BCUT2D eigenvalue weighted by Gasteiger charge is 2.19. The van der Waals surface area contributed by atoms with E-state index in [0.717, 1.165) is 50.2 Å². The summed E-state index contributed by atoms with van der Waals surface area (Å²) < 4.78 is 5.56. The van der Waals surface area contributed by atoms with Crippen molar-refractivity contribution in [3.05, 3.63) is 54.1 Å². The largest absolute Gasteiger partial charge is 0.378 e. The Bertz CT molecular complexity index is 754. The van der Waals surface area contributed by atoms with Gasteiger partial charge in [0.1, 0.15) is 0 Å². The number of carbonyl (C=O) groups is 1. The molecule has 2 aliphatic heterocycles. The number of urea groups is 1. The number of rotatable bonds is 5. The maximum absolute atomic E-state index is 12.0. The molecule has 0 spiro atoms. The summed E-state index contributed by atoms with van der Waals surface area (Å²) in [5.41, 5.74) is 4.62. The van der Waals surface area contributed by atoms with Crippen molar-refractivity contribution in [2.24, 2.45) is 0 Å². The number of nitrogens with zero attached hydrogens (tertiary/aromatic N) is 1. The highest BCUT2D eigenvalue weighted by Crippen LogP contribution is 2.34. The lowest BCUT2D eigenvalue weighted by Crippen LogP contribution is -2.31. The molecular formula is C21H25N3O2. The maximum atomic E-state index is 12.0. The molecule has 2 N–H and O–H groups in total. The summed E-state index contributed by atoms with van der Waals surface area (Å²) in [4.78, 5) is 14.3. The first-order valence-corrected chi connectivity index (χ1v) is 9.41. The van der Waals surface area contributed by atoms with E-state index in [2.05, 4.69) is 51.9 Å². The molecule has 0 aromatic heterocycles. The van der Waals surface area contributed by atoms with Gasteiger partial charge in [0.25, 0.3) is 0 Å². The van der Waals surface area contributed by atoms with E-state index in [0.29, 0.717) is 12.6 Å². The van der Waals surface area contributed by atoms with Gasteiger partial charge < -0.3 is 20.3 Å². The molecule has 1 saturated heterocycles. The molecule has 2 heterocycles. The van der Waals surface area contributed by atoms with E-state index in [9.17, 15) is 4.79 Å². The average Bonchev–Trinajstić information content (AvgIpc) is 3.32. The van der Waals surface area contributed by atoms with Gasteiger partial charge in [0, 0.05) is 36.8 Å². The first-order chi connectivity index (χ1) is 12.8. The second-order valence-electron chi connectivity index (χ2n) is 6.88. The second-order valence-corrected chi connectivity index (χ2v) is 6.88. The Morgan fingerprint density at radius 1 is 1.15 bits per heavy atom. The summed E-state index contributed by atoms with van der Waals surface area (Å²) in [5.74, 6) is 0. The van der Waals surface area contributed by atoms with Crippen LogP contribution in [0.4, 0.5) is 21.9 Å². The van der Waals surface area contributed by atoms with Gasteiger partial charge in [-0.1, -0.05) is 18.2 Å². The lowest BCUT2D eigenvalue weighted by atomic mass is 10.2. The number of hydrogen-bond acceptors (Lipinski definition) is 3. The third-order valence-corrected chi connectivity index (χ3v) is 5.10. The smallest absolute Gasteiger partial charge is 0.319 e. The molecule has 0 bridgehead atoms. The van der Waals surface area contributed by atoms with Crippen LogP contribution >= 0.6 is 0 Å². The molecule has 26 heavy (non-hydrogen) atoms. The number of anilines is 3. The summed E-state index contributed by atoms with van der Waals surface area (Å²) in [6.45, 7) is 2.49. The van der Waals surface area contributed by atoms with E-state index >= 15 is 0 Å². The molecule has 5 nitrogen and oxygen atoms in total. The molecule has 2 aromatic rings. The SMILES string of the molecule is O=C(NCC[C@@H]1CCCO1)Nc1ccc(N2CCc3ccccc32)cc1. The molecule has 0 aliphatic carbocycles. The van der Waals surface area contributed by atoms with Crippen LogP contribution in [-0.4, -0.2) is 31.8 Å². The molecule has 0 radical (unpaired) electrons. The van der Waals surface area contributed by atoms with Crippen molar-refractivity contribution < 1.29 is 9.53 Å². The van der Waals surface area contributed by atoms with Gasteiger partial charge in [0.15, 0.2) is 0 Å². The zero-order valence-corrected chi connectivity index (χ0v) is 14.9. The molecule has 2 aromatic carbocycles. The third-order valence-electron chi connectivity index (χ3n) is 5.10. The number of amides is 2. The number of carbonyl (C=O) groups excluding carboxylic acids is 1. The Kier molecular flexibility index (Phi) is 5.07. The molecule has 1 fully saturated rings. The van der Waals surface area contributed by atoms with E-state index in [-0.39, 0.29) is 6.03 Å². The number of para-hydroxylation sites is 1. The molecule has 0 saturated carbocycles. The van der Waals surface area contributed by atoms with Crippen LogP contribution in [0.5, 0.6) is 0 Å². The van der Waals surface area contributed by atoms with Crippen LogP contribution < -0.4 is 15.5 Å². The van der Waals surface area contributed by atoms with Gasteiger partial charge in [-0.2, -0.15) is 0 Å². The van der Waals surface area contributed by atoms with E-state index in [1.807, 2.05) is 12.1 Å². The lowest BCUT2D eigenvalue weighted by molar-refractivity contribution is 0.105. The molecule has 2 aliphatic rings. The fourth-order valence-electron chi connectivity index (χ4n) is 3.73. The summed E-state index contributed by atoms with van der Waals surface area (Å²) >= 11 is 0. The Morgan fingerprint density at radius 2 is 2.00 bits per heavy atom. The van der Waals surface area contributed by atoms with E-state index in [1.54, 1.807) is 0 Å². The monoisotopic (exact) mass is 351 g/mol. The van der Waals surface area contributed by atoms with Gasteiger partial charge >= 0.3 is 6.03 Å². The van der Waals surface area contributed by atoms with Gasteiger partial charge in [0.2, 0.25) is 0 Å². The molecule has 1 atom stereocenters. The van der Waals surface area contributed by atoms with Crippen molar-refractivity contribution in [2.75, 3.05) is 29.9 Å². The fraction of sp³-hybridized carbons (Fsp3) is 0.381. The van der Waals surface area contributed by atoms with Crippen LogP contribution in [-0.2, 0) is 11.2 Å². The number of ether oxygens (including phenoxy) is 1. The molecule has 4 rings (SSSR count). The molecule has 5 heteroatoms. The Balaban J connectivity index is 1.30. The summed E-state index contributed by atoms with van der Waals surface area (Å²) in [7, 11) is 0. The van der Waals surface area contributed by atoms with E-state index in [4.69, 9.17) is 4.74 Å². The lowest BCUT2D eigenvalue weighted by Gasteiger charge is -2.20. The van der Waals surface area contributed by atoms with Crippen molar-refractivity contribution in [3.8, 4) is 0 Å². The Labute approximate surface area is 154 Å². The number of fused-ring (bicyclic) bond motifs is 1. The van der Waals surface area contributed by atoms with Crippen LogP contribution in [0.15, 0.2) is 48.5 Å². The van der Waals surface area contributed by atoms with Crippen molar-refractivity contribution in [1.82, 2.24) is 5.32 Å². The van der Waals surface area contributed by atoms with Crippen molar-refractivity contribution in [2.45, 2.75) is 31.8 Å². The number of hydrogen-bond donors (Lipinski definition) is 2. The van der Waals surface area contributed by atoms with E-state index in [1.165, 1.54) is 11.3 Å². The van der Waals surface area contributed by atoms with Crippen molar-refractivity contribution >= 4 is 23.1 Å². The van der Waals surface area contributed by atoms with Crippen molar-refractivity contribution in [3.63, 3.8) is 0 Å². The van der Waals surface area contributed by atoms with Gasteiger partial charge in [0.05, 0.1) is 6.10 Å². The van der Waals surface area contributed by atoms with Crippen LogP contribution in [0.25, 0.3) is 0 Å². The molecule has 136 valence electrons. The minimum atomic E-state index is -0.165. The predicted molar refractivity (Wildman–Crippen MR) is 104 cm³/mol. The first-order valence-electron chi connectivity index (χ1n) is 9.41.